The Kier molecular flexibility index (Phi) is 10.4. The van der Waals surface area contributed by atoms with Crippen LogP contribution in [0.2, 0.25) is 8.35 Å². The summed E-state index contributed by atoms with van der Waals surface area (Å²) < 4.78 is 4.69. The molecule has 0 bridgehead atoms. The molecule has 0 nitrogen and oxygen atoms in total. The van der Waals surface area contributed by atoms with Gasteiger partial charge in [0.2, 0.25) is 0 Å². The van der Waals surface area contributed by atoms with Crippen LogP contribution in [-0.2, 0) is 20.0 Å². The normalized spacial score (nSPS) is 19.7. The predicted molar refractivity (Wildman–Crippen MR) is 161 cm³/mol. The van der Waals surface area contributed by atoms with Crippen LogP contribution < -0.4 is 24.8 Å². The molecule has 0 amide bonds. The van der Waals surface area contributed by atoms with Gasteiger partial charge in [-0.3, -0.25) is 0 Å². The van der Waals surface area contributed by atoms with E-state index in [0.29, 0.717) is 23.7 Å². The molecule has 1 saturated heterocycles. The Morgan fingerprint density at radius 1 is 0.564 bits per heavy atom. The molecule has 1 fully saturated rings. The van der Waals surface area contributed by atoms with Crippen molar-refractivity contribution in [3.05, 3.63) is 79.9 Å². The largest absolute Gasteiger partial charge is 1.00 e. The monoisotopic (exact) mass is 732 g/mol. The number of benzene rings is 2. The molecule has 1 heterocycles. The maximum Gasteiger partial charge on any atom is -1.00 e. The molecule has 0 radical (unpaired) electrons. The SMILES string of the molecule is CCC1=Cc2c(C(C)C)ccc(C(C)C)c2[CH]1[Hf+2]1([CH]2C(CC)=Cc3c(C(C)C)ccc(C(C)C)c32)[CH2][CH2]1.[Cl-].[Cl-]. The Morgan fingerprint density at radius 3 is 1.13 bits per heavy atom. The van der Waals surface area contributed by atoms with Crippen LogP contribution in [0.1, 0.15) is 158 Å². The third-order valence-electron chi connectivity index (χ3n) is 9.97. The molecule has 2 unspecified atom stereocenters. The molecular weight excluding hydrogens is 682 g/mol. The summed E-state index contributed by atoms with van der Waals surface area (Å²) in [6.45, 7) is 24.1. The maximum atomic E-state index is 2.69. The average Bonchev–Trinajstić information content (AvgIpc) is 3.38. The van der Waals surface area contributed by atoms with Gasteiger partial charge in [0.05, 0.1) is 0 Å². The minimum absolute atomic E-state index is 0. The smallest absolute Gasteiger partial charge is 1.00 e. The van der Waals surface area contributed by atoms with E-state index in [4.69, 9.17) is 0 Å². The molecule has 0 saturated carbocycles. The molecular formula is C36H50Cl2Hf. The van der Waals surface area contributed by atoms with E-state index >= 15 is 0 Å². The van der Waals surface area contributed by atoms with E-state index < -0.39 is 20.0 Å². The molecule has 3 aliphatic rings. The van der Waals surface area contributed by atoms with E-state index in [1.807, 2.05) is 0 Å². The molecule has 2 aliphatic carbocycles. The van der Waals surface area contributed by atoms with Gasteiger partial charge in [-0.05, 0) is 0 Å². The number of halogens is 2. The first-order chi connectivity index (χ1) is 17.6. The zero-order valence-electron chi connectivity index (χ0n) is 26.0. The summed E-state index contributed by atoms with van der Waals surface area (Å²) in [5.41, 5.74) is 16.9. The van der Waals surface area contributed by atoms with E-state index in [1.54, 1.807) is 64.0 Å². The van der Waals surface area contributed by atoms with Gasteiger partial charge in [-0.1, -0.05) is 0 Å². The van der Waals surface area contributed by atoms with Crippen molar-refractivity contribution in [2.45, 2.75) is 121 Å². The van der Waals surface area contributed by atoms with E-state index in [1.165, 1.54) is 12.8 Å². The second kappa shape index (κ2) is 12.3. The minimum atomic E-state index is -2.85. The third-order valence-corrected chi connectivity index (χ3v) is 28.9. The van der Waals surface area contributed by atoms with Crippen LogP contribution in [0, 0.1) is 0 Å². The van der Waals surface area contributed by atoms with Crippen molar-refractivity contribution in [2.24, 2.45) is 0 Å². The summed E-state index contributed by atoms with van der Waals surface area (Å²) in [5.74, 6) is 2.33. The van der Waals surface area contributed by atoms with E-state index in [9.17, 15) is 0 Å². The van der Waals surface area contributed by atoms with Crippen molar-refractivity contribution >= 4 is 12.2 Å². The van der Waals surface area contributed by atoms with Crippen LogP contribution >= 0.6 is 0 Å². The van der Waals surface area contributed by atoms with Crippen LogP contribution in [0.5, 0.6) is 0 Å². The topological polar surface area (TPSA) is 0 Å². The molecule has 212 valence electrons. The summed E-state index contributed by atoms with van der Waals surface area (Å²) in [4.78, 5) is 0. The first-order valence-corrected chi connectivity index (χ1v) is 24.5. The van der Waals surface area contributed by atoms with Crippen molar-refractivity contribution < 1.29 is 44.8 Å². The first kappa shape index (κ1) is 32.9. The number of fused-ring (bicyclic) bond motifs is 2. The number of rotatable bonds is 8. The summed E-state index contributed by atoms with van der Waals surface area (Å²) in [6, 6.07) is 9.99. The fourth-order valence-corrected chi connectivity index (χ4v) is 36.7. The molecule has 5 rings (SSSR count). The molecule has 2 aromatic rings. The zero-order chi connectivity index (χ0) is 26.8. The quantitative estimate of drug-likeness (QED) is 0.311. The third kappa shape index (κ3) is 5.25. The number of hydrogen-bond acceptors (Lipinski definition) is 0. The van der Waals surface area contributed by atoms with Gasteiger partial charge in [-0.15, -0.1) is 0 Å². The first-order valence-electron chi connectivity index (χ1n) is 15.3. The molecule has 2 atom stereocenters. The predicted octanol–water partition coefficient (Wildman–Crippen LogP) is 5.59. The van der Waals surface area contributed by atoms with Gasteiger partial charge in [0.15, 0.2) is 0 Å². The van der Waals surface area contributed by atoms with Crippen molar-refractivity contribution in [3.63, 3.8) is 0 Å². The van der Waals surface area contributed by atoms with Gasteiger partial charge in [-0.2, -0.15) is 0 Å². The van der Waals surface area contributed by atoms with Gasteiger partial charge >= 0.3 is 233 Å². The van der Waals surface area contributed by atoms with Crippen molar-refractivity contribution in [2.75, 3.05) is 0 Å². The Bertz CT molecular complexity index is 1180. The van der Waals surface area contributed by atoms with Crippen LogP contribution in [0.25, 0.3) is 12.2 Å². The molecule has 1 aliphatic heterocycles. The Balaban J connectivity index is 0.00000210. The fourth-order valence-electron chi connectivity index (χ4n) is 8.04. The van der Waals surface area contributed by atoms with Crippen molar-refractivity contribution in [1.29, 1.82) is 0 Å². The zero-order valence-corrected chi connectivity index (χ0v) is 31.1. The van der Waals surface area contributed by atoms with Gasteiger partial charge in [0.25, 0.3) is 0 Å². The molecule has 39 heavy (non-hydrogen) atoms. The second-order valence-corrected chi connectivity index (χ2v) is 30.1. The molecule has 0 aromatic heterocycles. The van der Waals surface area contributed by atoms with Crippen LogP contribution in [0.15, 0.2) is 35.4 Å². The molecule has 0 spiro atoms. The maximum absolute atomic E-state index is 2.85. The Morgan fingerprint density at radius 2 is 0.872 bits per heavy atom. The van der Waals surface area contributed by atoms with Gasteiger partial charge in [0.1, 0.15) is 0 Å². The summed E-state index contributed by atoms with van der Waals surface area (Å²) in [7, 11) is 0. The van der Waals surface area contributed by atoms with Crippen LogP contribution in [0.4, 0.5) is 0 Å². The van der Waals surface area contributed by atoms with Crippen molar-refractivity contribution in [3.8, 4) is 0 Å². The standard InChI is InChI=1S/2C17H23.C2H4.2ClH.Hf/c2*1-6-13-9-16-14(11(2)3)7-8-15(12(4)5)17(16)10-13;1-2;;;/h2*7-12H,6H2,1-5H3;1-2H2;2*1H;/q;;;;;+2/p-2. The van der Waals surface area contributed by atoms with Crippen molar-refractivity contribution in [1.82, 2.24) is 0 Å². The molecule has 2 aromatic carbocycles. The van der Waals surface area contributed by atoms with Crippen LogP contribution in [0.3, 0.4) is 0 Å². The molecule has 3 heteroatoms. The summed E-state index contributed by atoms with van der Waals surface area (Å²) in [6.07, 6.45) is 7.81. The Labute approximate surface area is 256 Å². The minimum Gasteiger partial charge on any atom is -1.00 e. The second-order valence-electron chi connectivity index (χ2n) is 13.5. The van der Waals surface area contributed by atoms with Gasteiger partial charge < -0.3 is 24.8 Å². The van der Waals surface area contributed by atoms with E-state index in [-0.39, 0.29) is 24.8 Å². The summed E-state index contributed by atoms with van der Waals surface area (Å²) >= 11 is -2.85. The van der Waals surface area contributed by atoms with E-state index in [2.05, 4.69) is 106 Å². The average molecular weight is 732 g/mol. The van der Waals surface area contributed by atoms with Gasteiger partial charge in [-0.25, -0.2) is 0 Å². The summed E-state index contributed by atoms with van der Waals surface area (Å²) in [5, 5.41) is 0. The van der Waals surface area contributed by atoms with Crippen LogP contribution in [-0.4, -0.2) is 0 Å². The molecule has 0 N–H and O–H groups in total. The number of allylic oxidation sites excluding steroid dienone is 2. The van der Waals surface area contributed by atoms with Gasteiger partial charge in [0, 0.05) is 0 Å². The number of hydrogen-bond donors (Lipinski definition) is 0. The Hall–Kier alpha value is -0.630. The van der Waals surface area contributed by atoms with E-state index in [0.717, 1.165) is 7.35 Å². The fraction of sp³-hybridized carbons (Fsp3) is 0.556.